The molecule has 0 aromatic carbocycles. The molecule has 0 aromatic rings. The Hall–Kier alpha value is -0.650. The van der Waals surface area contributed by atoms with Gasteiger partial charge >= 0.3 is 0 Å². The number of rotatable bonds is 3. The highest BCUT2D eigenvalue weighted by molar-refractivity contribution is 5.77. The fourth-order valence-electron chi connectivity index (χ4n) is 2.28. The number of nitrogens with zero attached hydrogens (tertiary/aromatic N) is 1. The van der Waals surface area contributed by atoms with Crippen LogP contribution in [0.15, 0.2) is 0 Å². The molecule has 16 heavy (non-hydrogen) atoms. The van der Waals surface area contributed by atoms with Crippen molar-refractivity contribution in [3.05, 3.63) is 0 Å². The zero-order chi connectivity index (χ0) is 11.4. The first-order chi connectivity index (χ1) is 7.79. The molecule has 0 aromatic heterocycles. The van der Waals surface area contributed by atoms with Gasteiger partial charge in [0.15, 0.2) is 0 Å². The minimum Gasteiger partial charge on any atom is -0.375 e. The van der Waals surface area contributed by atoms with Gasteiger partial charge in [-0.25, -0.2) is 0 Å². The molecular formula is C11H20N2O3. The molecule has 0 aliphatic carbocycles. The predicted octanol–water partition coefficient (Wildman–Crippen LogP) is -0.388. The molecule has 2 aliphatic heterocycles. The maximum absolute atomic E-state index is 11.3. The Labute approximate surface area is 96.1 Å². The number of hydrogen-bond acceptors (Lipinski definition) is 4. The summed E-state index contributed by atoms with van der Waals surface area (Å²) in [5.41, 5.74) is 0. The monoisotopic (exact) mass is 228 g/mol. The molecular weight excluding hydrogens is 208 g/mol. The summed E-state index contributed by atoms with van der Waals surface area (Å²) in [6, 6.07) is 0. The first-order valence-corrected chi connectivity index (χ1v) is 5.95. The highest BCUT2D eigenvalue weighted by Gasteiger charge is 2.31. The standard InChI is InChI=1S/C11H20N2O3/c1-12-11(14)8-13-4-6-16-10(7-13)9-3-2-5-15-9/h9-10H,2-8H2,1H3,(H,12,14)/t9-,10-/m0/s1. The number of ether oxygens (including phenoxy) is 2. The van der Waals surface area contributed by atoms with Crippen LogP contribution in [0.1, 0.15) is 12.8 Å². The van der Waals surface area contributed by atoms with Crippen LogP contribution in [0.5, 0.6) is 0 Å². The van der Waals surface area contributed by atoms with E-state index < -0.39 is 0 Å². The van der Waals surface area contributed by atoms with Gasteiger partial charge in [-0.2, -0.15) is 0 Å². The van der Waals surface area contributed by atoms with Gasteiger partial charge in [0, 0.05) is 26.7 Å². The summed E-state index contributed by atoms with van der Waals surface area (Å²) in [7, 11) is 1.67. The minimum absolute atomic E-state index is 0.0630. The van der Waals surface area contributed by atoms with E-state index in [0.29, 0.717) is 13.2 Å². The lowest BCUT2D eigenvalue weighted by Crippen LogP contribution is -2.50. The average Bonchev–Trinajstić information content (AvgIpc) is 2.83. The topological polar surface area (TPSA) is 50.8 Å². The Balaban J connectivity index is 1.81. The maximum Gasteiger partial charge on any atom is 0.233 e. The van der Waals surface area contributed by atoms with Gasteiger partial charge in [-0.05, 0) is 12.8 Å². The quantitative estimate of drug-likeness (QED) is 0.715. The van der Waals surface area contributed by atoms with Crippen LogP contribution in [0.4, 0.5) is 0 Å². The lowest BCUT2D eigenvalue weighted by atomic mass is 10.1. The normalized spacial score (nSPS) is 31.6. The van der Waals surface area contributed by atoms with E-state index in [1.807, 2.05) is 0 Å². The SMILES string of the molecule is CNC(=O)CN1CCO[C@H]([C@@H]2CCCO2)C1. The molecule has 1 amide bonds. The highest BCUT2D eigenvalue weighted by Crippen LogP contribution is 2.20. The molecule has 5 nitrogen and oxygen atoms in total. The second-order valence-electron chi connectivity index (χ2n) is 4.37. The Morgan fingerprint density at radius 1 is 1.38 bits per heavy atom. The molecule has 0 spiro atoms. The van der Waals surface area contributed by atoms with Crippen LogP contribution in [-0.2, 0) is 14.3 Å². The average molecular weight is 228 g/mol. The third-order valence-electron chi connectivity index (χ3n) is 3.20. The van der Waals surface area contributed by atoms with Crippen molar-refractivity contribution in [1.82, 2.24) is 10.2 Å². The number of hydrogen-bond donors (Lipinski definition) is 1. The molecule has 92 valence electrons. The van der Waals surface area contributed by atoms with Crippen molar-refractivity contribution in [2.24, 2.45) is 0 Å². The van der Waals surface area contributed by atoms with Gasteiger partial charge in [-0.15, -0.1) is 0 Å². The van der Waals surface area contributed by atoms with Crippen molar-refractivity contribution >= 4 is 5.91 Å². The molecule has 2 heterocycles. The Kier molecular flexibility index (Phi) is 4.15. The van der Waals surface area contributed by atoms with Crippen LogP contribution in [0.3, 0.4) is 0 Å². The van der Waals surface area contributed by atoms with Crippen molar-refractivity contribution in [3.8, 4) is 0 Å². The van der Waals surface area contributed by atoms with Gasteiger partial charge in [-0.3, -0.25) is 9.69 Å². The van der Waals surface area contributed by atoms with Crippen molar-refractivity contribution in [3.63, 3.8) is 0 Å². The summed E-state index contributed by atoms with van der Waals surface area (Å²) in [4.78, 5) is 13.4. The van der Waals surface area contributed by atoms with Crippen LogP contribution < -0.4 is 5.32 Å². The second-order valence-corrected chi connectivity index (χ2v) is 4.37. The van der Waals surface area contributed by atoms with E-state index in [2.05, 4.69) is 10.2 Å². The molecule has 5 heteroatoms. The lowest BCUT2D eigenvalue weighted by Gasteiger charge is -2.34. The van der Waals surface area contributed by atoms with Crippen molar-refractivity contribution in [2.45, 2.75) is 25.0 Å². The molecule has 0 radical (unpaired) electrons. The smallest absolute Gasteiger partial charge is 0.233 e. The number of morpholine rings is 1. The largest absolute Gasteiger partial charge is 0.375 e. The number of carbonyl (C=O) groups is 1. The van der Waals surface area contributed by atoms with Crippen molar-refractivity contribution in [1.29, 1.82) is 0 Å². The van der Waals surface area contributed by atoms with Gasteiger partial charge in [0.05, 0.1) is 25.4 Å². The van der Waals surface area contributed by atoms with Gasteiger partial charge < -0.3 is 14.8 Å². The van der Waals surface area contributed by atoms with Crippen LogP contribution in [0.2, 0.25) is 0 Å². The van der Waals surface area contributed by atoms with Crippen LogP contribution >= 0.6 is 0 Å². The van der Waals surface area contributed by atoms with E-state index in [4.69, 9.17) is 9.47 Å². The van der Waals surface area contributed by atoms with E-state index in [9.17, 15) is 4.79 Å². The van der Waals surface area contributed by atoms with E-state index >= 15 is 0 Å². The fraction of sp³-hybridized carbons (Fsp3) is 0.909. The number of likely N-dealkylation sites (N-methyl/N-ethyl adjacent to an activating group) is 1. The van der Waals surface area contributed by atoms with Crippen LogP contribution in [0.25, 0.3) is 0 Å². The zero-order valence-corrected chi connectivity index (χ0v) is 9.78. The summed E-state index contributed by atoms with van der Waals surface area (Å²) >= 11 is 0. The number of nitrogens with one attached hydrogen (secondary N) is 1. The molecule has 2 atom stereocenters. The molecule has 1 N–H and O–H groups in total. The maximum atomic E-state index is 11.3. The summed E-state index contributed by atoms with van der Waals surface area (Å²) in [5, 5.41) is 2.64. The van der Waals surface area contributed by atoms with Crippen molar-refractivity contribution in [2.75, 3.05) is 39.9 Å². The number of amides is 1. The van der Waals surface area contributed by atoms with Crippen LogP contribution in [-0.4, -0.2) is 62.9 Å². The first-order valence-electron chi connectivity index (χ1n) is 5.95. The molecule has 0 bridgehead atoms. The lowest BCUT2D eigenvalue weighted by molar-refractivity contribution is -0.127. The Morgan fingerprint density at radius 2 is 2.19 bits per heavy atom. The Morgan fingerprint density at radius 3 is 2.88 bits per heavy atom. The van der Waals surface area contributed by atoms with Gasteiger partial charge in [0.2, 0.25) is 5.91 Å². The summed E-state index contributed by atoms with van der Waals surface area (Å²) in [6.45, 7) is 3.64. The van der Waals surface area contributed by atoms with Crippen LogP contribution in [0, 0.1) is 0 Å². The molecule has 2 saturated heterocycles. The van der Waals surface area contributed by atoms with Crippen molar-refractivity contribution < 1.29 is 14.3 Å². The minimum atomic E-state index is 0.0630. The Bertz CT molecular complexity index is 241. The zero-order valence-electron chi connectivity index (χ0n) is 9.78. The fourth-order valence-corrected chi connectivity index (χ4v) is 2.28. The molecule has 2 rings (SSSR count). The van der Waals surface area contributed by atoms with E-state index in [-0.39, 0.29) is 18.1 Å². The molecule has 0 unspecified atom stereocenters. The van der Waals surface area contributed by atoms with E-state index in [1.54, 1.807) is 7.05 Å². The van der Waals surface area contributed by atoms with Gasteiger partial charge in [0.25, 0.3) is 0 Å². The molecule has 0 saturated carbocycles. The first kappa shape index (κ1) is 11.8. The summed E-state index contributed by atoms with van der Waals surface area (Å²) in [5.74, 6) is 0.0630. The third kappa shape index (κ3) is 2.93. The summed E-state index contributed by atoms with van der Waals surface area (Å²) < 4.78 is 11.3. The van der Waals surface area contributed by atoms with E-state index in [1.165, 1.54) is 0 Å². The van der Waals surface area contributed by atoms with Gasteiger partial charge in [0.1, 0.15) is 0 Å². The molecule has 2 aliphatic rings. The third-order valence-corrected chi connectivity index (χ3v) is 3.20. The predicted molar refractivity (Wildman–Crippen MR) is 59.2 cm³/mol. The second kappa shape index (κ2) is 5.61. The van der Waals surface area contributed by atoms with E-state index in [0.717, 1.165) is 32.5 Å². The highest BCUT2D eigenvalue weighted by atomic mass is 16.5. The van der Waals surface area contributed by atoms with Gasteiger partial charge in [-0.1, -0.05) is 0 Å². The number of carbonyl (C=O) groups excluding carboxylic acids is 1. The molecule has 2 fully saturated rings. The summed E-state index contributed by atoms with van der Waals surface area (Å²) in [6.07, 6.45) is 2.58.